The van der Waals surface area contributed by atoms with Crippen molar-refractivity contribution in [1.29, 1.82) is 0 Å². The Labute approximate surface area is 244 Å². The Morgan fingerprint density at radius 1 is 0.675 bits per heavy atom. The number of unbranched alkanes of at least 4 members (excludes halogenated alkanes) is 2. The van der Waals surface area contributed by atoms with Crippen LogP contribution in [0.2, 0.25) is 0 Å². The van der Waals surface area contributed by atoms with Gasteiger partial charge in [0.25, 0.3) is 0 Å². The van der Waals surface area contributed by atoms with Crippen molar-refractivity contribution < 1.29 is 10.2 Å². The zero-order chi connectivity index (χ0) is 29.5. The number of hydrogen-bond acceptors (Lipinski definition) is 4. The highest BCUT2D eigenvalue weighted by atomic mass is 16.3. The Morgan fingerprint density at radius 3 is 1.38 bits per heavy atom. The average Bonchev–Trinajstić information content (AvgIpc) is 2.89. The van der Waals surface area contributed by atoms with Crippen LogP contribution in [0.4, 0.5) is 0 Å². The van der Waals surface area contributed by atoms with Gasteiger partial charge in [-0.2, -0.15) is 0 Å². The molecule has 0 bridgehead atoms. The lowest BCUT2D eigenvalue weighted by molar-refractivity contribution is 0.390. The minimum atomic E-state index is -0.147. The van der Waals surface area contributed by atoms with Gasteiger partial charge in [0.1, 0.15) is 11.5 Å². The van der Waals surface area contributed by atoms with E-state index in [0.29, 0.717) is 11.5 Å². The van der Waals surface area contributed by atoms with Crippen LogP contribution in [0, 0.1) is 0 Å². The lowest BCUT2D eigenvalue weighted by atomic mass is 9.83. The Hall–Kier alpha value is -2.62. The van der Waals surface area contributed by atoms with Gasteiger partial charge in [-0.1, -0.05) is 93.2 Å². The zero-order valence-electron chi connectivity index (χ0n) is 26.5. The molecular weight excluding hydrogens is 492 g/mol. The van der Waals surface area contributed by atoms with Gasteiger partial charge in [0.05, 0.1) is 12.1 Å². The minimum Gasteiger partial charge on any atom is -0.507 e. The summed E-state index contributed by atoms with van der Waals surface area (Å²) >= 11 is 0. The smallest absolute Gasteiger partial charge is 0.128 e. The second-order valence-corrected chi connectivity index (χ2v) is 13.8. The van der Waals surface area contributed by atoms with E-state index >= 15 is 0 Å². The maximum atomic E-state index is 11.2. The van der Waals surface area contributed by atoms with E-state index in [4.69, 9.17) is 9.98 Å². The van der Waals surface area contributed by atoms with Crippen LogP contribution in [0.25, 0.3) is 0 Å². The third-order valence-electron chi connectivity index (χ3n) is 8.16. The van der Waals surface area contributed by atoms with E-state index in [1.54, 1.807) is 0 Å². The summed E-state index contributed by atoms with van der Waals surface area (Å²) in [5.41, 5.74) is 5.81. The van der Waals surface area contributed by atoms with Crippen molar-refractivity contribution in [3.8, 4) is 11.5 Å². The van der Waals surface area contributed by atoms with E-state index in [-0.39, 0.29) is 22.9 Å². The molecule has 3 rings (SSSR count). The van der Waals surface area contributed by atoms with Crippen LogP contribution >= 0.6 is 0 Å². The second kappa shape index (κ2) is 13.8. The molecule has 2 N–H and O–H groups in total. The molecule has 2 aromatic carbocycles. The first-order chi connectivity index (χ1) is 18.8. The third kappa shape index (κ3) is 8.44. The van der Waals surface area contributed by atoms with Gasteiger partial charge in [0.2, 0.25) is 0 Å². The van der Waals surface area contributed by atoms with Gasteiger partial charge < -0.3 is 10.2 Å². The maximum Gasteiger partial charge on any atom is 0.128 e. The lowest BCUT2D eigenvalue weighted by Crippen LogP contribution is -2.27. The predicted molar refractivity (Wildman–Crippen MR) is 172 cm³/mol. The molecule has 1 saturated carbocycles. The standard InChI is InChI=1S/C36H54N2O2/c1-9-11-15-25-19-27(33(39)29(21-25)35(3,4)5)23-37-31-17-13-14-18-32(31)38-24-28-20-26(16-12-10-2)22-30(34(28)40)36(6,7)8/h19-24,31-32,39-40H,9-18H2,1-8H3. The quantitative estimate of drug-likeness (QED) is 0.292. The maximum absolute atomic E-state index is 11.2. The summed E-state index contributed by atoms with van der Waals surface area (Å²) in [4.78, 5) is 10.1. The topological polar surface area (TPSA) is 65.2 Å². The Morgan fingerprint density at radius 2 is 1.05 bits per heavy atom. The summed E-state index contributed by atoms with van der Waals surface area (Å²) in [6, 6.07) is 8.69. The van der Waals surface area contributed by atoms with Crippen molar-refractivity contribution in [2.24, 2.45) is 9.98 Å². The molecule has 1 fully saturated rings. The van der Waals surface area contributed by atoms with Crippen molar-refractivity contribution in [3.05, 3.63) is 57.6 Å². The highest BCUT2D eigenvalue weighted by molar-refractivity contribution is 5.86. The van der Waals surface area contributed by atoms with Crippen LogP contribution in [0.3, 0.4) is 0 Å². The van der Waals surface area contributed by atoms with Crippen LogP contribution in [0.15, 0.2) is 34.3 Å². The number of phenols is 2. The minimum absolute atomic E-state index is 0.0642. The van der Waals surface area contributed by atoms with E-state index in [2.05, 4.69) is 79.7 Å². The van der Waals surface area contributed by atoms with Gasteiger partial charge in [-0.05, 0) is 72.6 Å². The number of aryl methyl sites for hydroxylation is 2. The SMILES string of the molecule is CCCCc1cc(C=NC2CCCCC2N=Cc2cc(CCCC)cc(C(C)(C)C)c2O)c(O)c(C(C)(C)C)c1. The summed E-state index contributed by atoms with van der Waals surface area (Å²) in [5, 5.41) is 22.4. The molecule has 2 unspecified atom stereocenters. The molecule has 0 heterocycles. The molecule has 4 heteroatoms. The summed E-state index contributed by atoms with van der Waals surface area (Å²) in [6.07, 6.45) is 14.6. The fraction of sp³-hybridized carbons (Fsp3) is 0.611. The molecule has 0 spiro atoms. The number of phenolic OH excluding ortho intramolecular Hbond substituents is 2. The molecule has 0 saturated heterocycles. The fourth-order valence-corrected chi connectivity index (χ4v) is 5.62. The molecule has 0 radical (unpaired) electrons. The molecule has 220 valence electrons. The van der Waals surface area contributed by atoms with Crippen molar-refractivity contribution in [1.82, 2.24) is 0 Å². The van der Waals surface area contributed by atoms with Gasteiger partial charge in [-0.25, -0.2) is 0 Å². The van der Waals surface area contributed by atoms with E-state index in [9.17, 15) is 10.2 Å². The lowest BCUT2D eigenvalue weighted by Gasteiger charge is -2.26. The molecule has 1 aliphatic carbocycles. The second-order valence-electron chi connectivity index (χ2n) is 13.8. The fourth-order valence-electron chi connectivity index (χ4n) is 5.62. The predicted octanol–water partition coefficient (Wildman–Crippen LogP) is 9.23. The molecule has 0 aliphatic heterocycles. The van der Waals surface area contributed by atoms with Crippen LogP contribution < -0.4 is 0 Å². The van der Waals surface area contributed by atoms with E-state index in [1.165, 1.54) is 11.1 Å². The molecule has 2 atom stereocenters. The number of hydrogen-bond donors (Lipinski definition) is 2. The van der Waals surface area contributed by atoms with Gasteiger partial charge in [0, 0.05) is 34.7 Å². The van der Waals surface area contributed by atoms with Gasteiger partial charge >= 0.3 is 0 Å². The number of aromatic hydroxyl groups is 2. The number of benzene rings is 2. The first-order valence-corrected chi connectivity index (χ1v) is 15.6. The highest BCUT2D eigenvalue weighted by Crippen LogP contribution is 2.36. The molecule has 0 aromatic heterocycles. The van der Waals surface area contributed by atoms with Crippen molar-refractivity contribution in [3.63, 3.8) is 0 Å². The van der Waals surface area contributed by atoms with Crippen LogP contribution in [0.1, 0.15) is 140 Å². The molecule has 40 heavy (non-hydrogen) atoms. The first-order valence-electron chi connectivity index (χ1n) is 15.6. The number of rotatable bonds is 10. The highest BCUT2D eigenvalue weighted by Gasteiger charge is 2.26. The summed E-state index contributed by atoms with van der Waals surface area (Å²) in [7, 11) is 0. The van der Waals surface area contributed by atoms with E-state index in [1.807, 2.05) is 12.4 Å². The normalized spacial score (nSPS) is 18.7. The zero-order valence-corrected chi connectivity index (χ0v) is 26.5. The van der Waals surface area contributed by atoms with Crippen LogP contribution in [-0.4, -0.2) is 34.7 Å². The summed E-state index contributed by atoms with van der Waals surface area (Å²) < 4.78 is 0. The van der Waals surface area contributed by atoms with E-state index in [0.717, 1.165) is 86.5 Å². The molecule has 4 nitrogen and oxygen atoms in total. The third-order valence-corrected chi connectivity index (χ3v) is 8.16. The van der Waals surface area contributed by atoms with Gasteiger partial charge in [-0.3, -0.25) is 9.98 Å². The Kier molecular flexibility index (Phi) is 11.0. The molecular formula is C36H54N2O2. The molecule has 0 amide bonds. The van der Waals surface area contributed by atoms with Crippen molar-refractivity contribution >= 4 is 12.4 Å². The molecule has 1 aliphatic rings. The summed E-state index contributed by atoms with van der Waals surface area (Å²) in [6.45, 7) is 17.3. The first kappa shape index (κ1) is 31.9. The van der Waals surface area contributed by atoms with E-state index < -0.39 is 0 Å². The Bertz CT molecular complexity index is 1090. The van der Waals surface area contributed by atoms with Crippen molar-refractivity contribution in [2.75, 3.05) is 0 Å². The monoisotopic (exact) mass is 546 g/mol. The summed E-state index contributed by atoms with van der Waals surface area (Å²) in [5.74, 6) is 0.687. The van der Waals surface area contributed by atoms with Gasteiger partial charge in [0.15, 0.2) is 0 Å². The van der Waals surface area contributed by atoms with Crippen molar-refractivity contribution in [2.45, 2.75) is 143 Å². The number of nitrogens with zero attached hydrogens (tertiary/aromatic N) is 2. The Balaban J connectivity index is 1.92. The van der Waals surface area contributed by atoms with Gasteiger partial charge in [-0.15, -0.1) is 0 Å². The molecule has 2 aromatic rings. The number of aliphatic imine (C=N–C) groups is 2. The average molecular weight is 547 g/mol. The van der Waals surface area contributed by atoms with Crippen LogP contribution in [0.5, 0.6) is 11.5 Å². The van der Waals surface area contributed by atoms with Crippen LogP contribution in [-0.2, 0) is 23.7 Å². The largest absolute Gasteiger partial charge is 0.507 e.